The highest BCUT2D eigenvalue weighted by molar-refractivity contribution is 5.83. The molecular weight excluding hydrogens is 252 g/mol. The van der Waals surface area contributed by atoms with E-state index in [4.69, 9.17) is 10.5 Å². The zero-order valence-electron chi connectivity index (χ0n) is 12.6. The normalized spacial score (nSPS) is 19.2. The molecular formula is C16H24N2O2. The van der Waals surface area contributed by atoms with Crippen molar-refractivity contribution in [3.05, 3.63) is 29.8 Å². The minimum Gasteiger partial charge on any atom is -0.497 e. The Kier molecular flexibility index (Phi) is 4.33. The third-order valence-electron chi connectivity index (χ3n) is 4.10. The fraction of sp³-hybridized carbons (Fsp3) is 0.562. The Hall–Kier alpha value is -1.55. The van der Waals surface area contributed by atoms with Crippen molar-refractivity contribution in [2.24, 2.45) is 11.1 Å². The van der Waals surface area contributed by atoms with Crippen molar-refractivity contribution in [2.75, 3.05) is 20.2 Å². The summed E-state index contributed by atoms with van der Waals surface area (Å²) in [5, 5.41) is 0. The highest BCUT2D eigenvalue weighted by Gasteiger charge is 2.37. The average Bonchev–Trinajstić information content (AvgIpc) is 2.95. The SMILES string of the molecule is COc1ccc(C2CCCN2C(=O)C(C)(C)CN)cc1. The number of rotatable bonds is 4. The molecule has 0 radical (unpaired) electrons. The summed E-state index contributed by atoms with van der Waals surface area (Å²) >= 11 is 0. The number of nitrogens with zero attached hydrogens (tertiary/aromatic N) is 1. The van der Waals surface area contributed by atoms with Crippen molar-refractivity contribution in [1.29, 1.82) is 0 Å². The van der Waals surface area contributed by atoms with Gasteiger partial charge in [0.1, 0.15) is 5.75 Å². The number of likely N-dealkylation sites (tertiary alicyclic amines) is 1. The van der Waals surface area contributed by atoms with Gasteiger partial charge in [-0.2, -0.15) is 0 Å². The predicted molar refractivity (Wildman–Crippen MR) is 79.5 cm³/mol. The summed E-state index contributed by atoms with van der Waals surface area (Å²) in [6.07, 6.45) is 2.06. The van der Waals surface area contributed by atoms with E-state index in [1.807, 2.05) is 43.0 Å². The van der Waals surface area contributed by atoms with Crippen LogP contribution in [-0.4, -0.2) is 31.0 Å². The number of nitrogens with two attached hydrogens (primary N) is 1. The van der Waals surface area contributed by atoms with Crippen LogP contribution in [0.2, 0.25) is 0 Å². The number of amides is 1. The van der Waals surface area contributed by atoms with Gasteiger partial charge in [0.05, 0.1) is 18.6 Å². The van der Waals surface area contributed by atoms with Crippen LogP contribution in [0.3, 0.4) is 0 Å². The van der Waals surface area contributed by atoms with Crippen LogP contribution in [0.1, 0.15) is 38.3 Å². The van der Waals surface area contributed by atoms with Gasteiger partial charge in [-0.3, -0.25) is 4.79 Å². The molecule has 1 aromatic rings. The molecule has 2 rings (SSSR count). The summed E-state index contributed by atoms with van der Waals surface area (Å²) in [6.45, 7) is 5.02. The van der Waals surface area contributed by atoms with Gasteiger partial charge in [0.25, 0.3) is 0 Å². The van der Waals surface area contributed by atoms with Crippen molar-refractivity contribution in [2.45, 2.75) is 32.7 Å². The topological polar surface area (TPSA) is 55.6 Å². The average molecular weight is 276 g/mol. The predicted octanol–water partition coefficient (Wildman–Crippen LogP) is 2.34. The monoisotopic (exact) mass is 276 g/mol. The van der Waals surface area contributed by atoms with Crippen LogP contribution in [0.5, 0.6) is 5.75 Å². The molecule has 4 heteroatoms. The number of ether oxygens (including phenoxy) is 1. The Morgan fingerprint density at radius 1 is 1.40 bits per heavy atom. The summed E-state index contributed by atoms with van der Waals surface area (Å²) in [4.78, 5) is 14.6. The Morgan fingerprint density at radius 2 is 2.05 bits per heavy atom. The van der Waals surface area contributed by atoms with Gasteiger partial charge in [0, 0.05) is 13.1 Å². The second-order valence-corrected chi connectivity index (χ2v) is 6.02. The number of hydrogen-bond acceptors (Lipinski definition) is 3. The third-order valence-corrected chi connectivity index (χ3v) is 4.10. The van der Waals surface area contributed by atoms with Gasteiger partial charge in [0.2, 0.25) is 5.91 Å². The molecule has 20 heavy (non-hydrogen) atoms. The van der Waals surface area contributed by atoms with Gasteiger partial charge < -0.3 is 15.4 Å². The molecule has 0 bridgehead atoms. The Labute approximate surface area is 120 Å². The third kappa shape index (κ3) is 2.80. The van der Waals surface area contributed by atoms with Crippen LogP contribution >= 0.6 is 0 Å². The van der Waals surface area contributed by atoms with E-state index in [0.29, 0.717) is 6.54 Å². The molecule has 0 spiro atoms. The van der Waals surface area contributed by atoms with Crippen LogP contribution in [0.15, 0.2) is 24.3 Å². The molecule has 0 saturated carbocycles. The van der Waals surface area contributed by atoms with E-state index in [9.17, 15) is 4.79 Å². The molecule has 2 N–H and O–H groups in total. The van der Waals surface area contributed by atoms with E-state index in [2.05, 4.69) is 0 Å². The number of carbonyl (C=O) groups excluding carboxylic acids is 1. The van der Waals surface area contributed by atoms with Crippen molar-refractivity contribution in [3.63, 3.8) is 0 Å². The summed E-state index contributed by atoms with van der Waals surface area (Å²) in [6, 6.07) is 8.16. The van der Waals surface area contributed by atoms with Gasteiger partial charge in [0.15, 0.2) is 0 Å². The van der Waals surface area contributed by atoms with Gasteiger partial charge >= 0.3 is 0 Å². The zero-order chi connectivity index (χ0) is 14.8. The first kappa shape index (κ1) is 14.9. The first-order valence-corrected chi connectivity index (χ1v) is 7.14. The molecule has 4 nitrogen and oxygen atoms in total. The van der Waals surface area contributed by atoms with E-state index >= 15 is 0 Å². The second kappa shape index (κ2) is 5.83. The second-order valence-electron chi connectivity index (χ2n) is 6.02. The molecule has 1 aliphatic rings. The van der Waals surface area contributed by atoms with Crippen molar-refractivity contribution in [3.8, 4) is 5.75 Å². The number of carbonyl (C=O) groups is 1. The zero-order valence-corrected chi connectivity index (χ0v) is 12.6. The molecule has 1 saturated heterocycles. The van der Waals surface area contributed by atoms with Crippen molar-refractivity contribution < 1.29 is 9.53 Å². The molecule has 1 fully saturated rings. The van der Waals surface area contributed by atoms with Gasteiger partial charge in [-0.15, -0.1) is 0 Å². The maximum Gasteiger partial charge on any atom is 0.230 e. The van der Waals surface area contributed by atoms with Gasteiger partial charge in [-0.05, 0) is 44.4 Å². The van der Waals surface area contributed by atoms with E-state index in [0.717, 1.165) is 25.1 Å². The Balaban J connectivity index is 2.20. The molecule has 1 amide bonds. The Morgan fingerprint density at radius 3 is 2.60 bits per heavy atom. The van der Waals surface area contributed by atoms with Crippen LogP contribution < -0.4 is 10.5 Å². The Bertz CT molecular complexity index is 468. The fourth-order valence-corrected chi connectivity index (χ4v) is 2.66. The first-order chi connectivity index (χ1) is 9.49. The molecule has 1 unspecified atom stereocenters. The highest BCUT2D eigenvalue weighted by Crippen LogP contribution is 2.35. The lowest BCUT2D eigenvalue weighted by Gasteiger charge is -2.32. The van der Waals surface area contributed by atoms with E-state index in [-0.39, 0.29) is 11.9 Å². The van der Waals surface area contributed by atoms with Crippen LogP contribution in [0.25, 0.3) is 0 Å². The molecule has 1 heterocycles. The van der Waals surface area contributed by atoms with Gasteiger partial charge in [-0.1, -0.05) is 12.1 Å². The van der Waals surface area contributed by atoms with E-state index in [1.54, 1.807) is 7.11 Å². The maximum absolute atomic E-state index is 12.6. The first-order valence-electron chi connectivity index (χ1n) is 7.14. The number of hydrogen-bond donors (Lipinski definition) is 1. The lowest BCUT2D eigenvalue weighted by atomic mass is 9.91. The smallest absolute Gasteiger partial charge is 0.230 e. The van der Waals surface area contributed by atoms with Crippen LogP contribution in [0, 0.1) is 5.41 Å². The number of benzene rings is 1. The summed E-state index contributed by atoms with van der Waals surface area (Å²) in [5.74, 6) is 0.991. The van der Waals surface area contributed by atoms with Crippen molar-refractivity contribution >= 4 is 5.91 Å². The minimum absolute atomic E-state index is 0.151. The maximum atomic E-state index is 12.6. The molecule has 0 aliphatic carbocycles. The number of methoxy groups -OCH3 is 1. The summed E-state index contributed by atoms with van der Waals surface area (Å²) < 4.78 is 5.18. The fourth-order valence-electron chi connectivity index (χ4n) is 2.66. The highest BCUT2D eigenvalue weighted by atomic mass is 16.5. The largest absolute Gasteiger partial charge is 0.497 e. The van der Waals surface area contributed by atoms with Crippen molar-refractivity contribution in [1.82, 2.24) is 4.90 Å². The van der Waals surface area contributed by atoms with Crippen LogP contribution in [0.4, 0.5) is 0 Å². The van der Waals surface area contributed by atoms with E-state index in [1.165, 1.54) is 5.56 Å². The molecule has 1 atom stereocenters. The summed E-state index contributed by atoms with van der Waals surface area (Å²) in [7, 11) is 1.66. The standard InChI is InChI=1S/C16H24N2O2/c1-16(2,11-17)15(19)18-10-4-5-14(18)12-6-8-13(20-3)9-7-12/h6-9,14H,4-5,10-11,17H2,1-3H3. The quantitative estimate of drug-likeness (QED) is 0.918. The lowest BCUT2D eigenvalue weighted by Crippen LogP contribution is -2.44. The summed E-state index contributed by atoms with van der Waals surface area (Å²) in [5.41, 5.74) is 6.41. The van der Waals surface area contributed by atoms with E-state index < -0.39 is 5.41 Å². The molecule has 1 aromatic carbocycles. The van der Waals surface area contributed by atoms with Gasteiger partial charge in [-0.25, -0.2) is 0 Å². The minimum atomic E-state index is -0.491. The molecule has 110 valence electrons. The van der Waals surface area contributed by atoms with Crippen LogP contribution in [-0.2, 0) is 4.79 Å². The molecule has 1 aliphatic heterocycles. The lowest BCUT2D eigenvalue weighted by molar-refractivity contribution is -0.140. The molecule has 0 aromatic heterocycles.